The van der Waals surface area contributed by atoms with Crippen molar-refractivity contribution in [3.05, 3.63) is 35.7 Å². The molecule has 5 heteroatoms. The van der Waals surface area contributed by atoms with Crippen molar-refractivity contribution < 1.29 is 8.78 Å². The van der Waals surface area contributed by atoms with Crippen LogP contribution in [0.4, 0.5) is 14.6 Å². The van der Waals surface area contributed by atoms with E-state index in [0.717, 1.165) is 44.1 Å². The largest absolute Gasteiger partial charge is 0.383 e. The minimum atomic E-state index is -0.634. The molecular weight excluding hydrogens is 272 g/mol. The van der Waals surface area contributed by atoms with Crippen LogP contribution >= 0.6 is 0 Å². The maximum atomic E-state index is 14.0. The van der Waals surface area contributed by atoms with E-state index in [1.54, 1.807) is 0 Å². The van der Waals surface area contributed by atoms with Crippen LogP contribution < -0.4 is 5.73 Å². The highest BCUT2D eigenvalue weighted by Crippen LogP contribution is 2.29. The van der Waals surface area contributed by atoms with Gasteiger partial charge >= 0.3 is 0 Å². The number of anilines is 1. The van der Waals surface area contributed by atoms with Crippen LogP contribution in [0.1, 0.15) is 38.9 Å². The van der Waals surface area contributed by atoms with Gasteiger partial charge in [0.05, 0.1) is 0 Å². The van der Waals surface area contributed by atoms with Gasteiger partial charge in [0.15, 0.2) is 0 Å². The Morgan fingerprint density at radius 1 is 1.19 bits per heavy atom. The number of unbranched alkanes of at least 4 members (excludes halogenated alkanes) is 1. The normalized spacial score (nSPS) is 11.0. The molecule has 0 radical (unpaired) electrons. The van der Waals surface area contributed by atoms with E-state index in [9.17, 15) is 8.78 Å². The monoisotopic (exact) mass is 293 g/mol. The molecule has 0 bridgehead atoms. The van der Waals surface area contributed by atoms with Crippen LogP contribution in [0.3, 0.4) is 0 Å². The molecule has 2 aromatic rings. The van der Waals surface area contributed by atoms with Gasteiger partial charge in [-0.1, -0.05) is 20.3 Å². The van der Waals surface area contributed by atoms with Gasteiger partial charge in [0.25, 0.3) is 0 Å². The van der Waals surface area contributed by atoms with Crippen LogP contribution in [-0.2, 0) is 13.0 Å². The van der Waals surface area contributed by atoms with E-state index in [4.69, 9.17) is 5.73 Å². The van der Waals surface area contributed by atoms with Crippen molar-refractivity contribution in [2.24, 2.45) is 0 Å². The second-order valence-corrected chi connectivity index (χ2v) is 5.14. The van der Waals surface area contributed by atoms with E-state index < -0.39 is 11.6 Å². The number of hydrogen-bond acceptors (Lipinski definition) is 2. The number of nitrogens with two attached hydrogens (primary N) is 1. The maximum absolute atomic E-state index is 14.0. The Kier molecular flexibility index (Phi) is 4.94. The van der Waals surface area contributed by atoms with Crippen LogP contribution in [0.2, 0.25) is 0 Å². The lowest BCUT2D eigenvalue weighted by molar-refractivity contribution is 0.585. The van der Waals surface area contributed by atoms with Crippen molar-refractivity contribution in [1.82, 2.24) is 9.55 Å². The van der Waals surface area contributed by atoms with E-state index in [1.807, 2.05) is 4.57 Å². The second kappa shape index (κ2) is 6.70. The van der Waals surface area contributed by atoms with Crippen molar-refractivity contribution in [2.75, 3.05) is 5.73 Å². The molecule has 0 aliphatic rings. The number of imidazole rings is 1. The van der Waals surface area contributed by atoms with Gasteiger partial charge in [-0.3, -0.25) is 0 Å². The van der Waals surface area contributed by atoms with Crippen molar-refractivity contribution in [2.45, 2.75) is 46.1 Å². The Labute approximate surface area is 123 Å². The molecule has 0 saturated heterocycles. The lowest BCUT2D eigenvalue weighted by Crippen LogP contribution is -2.07. The number of hydrogen-bond donors (Lipinski definition) is 1. The molecule has 2 rings (SSSR count). The van der Waals surface area contributed by atoms with Gasteiger partial charge in [0.1, 0.15) is 29.0 Å². The average molecular weight is 293 g/mol. The Morgan fingerprint density at radius 3 is 2.57 bits per heavy atom. The number of aryl methyl sites for hydroxylation is 1. The summed E-state index contributed by atoms with van der Waals surface area (Å²) in [5.74, 6) is 0.0819. The molecule has 3 nitrogen and oxygen atoms in total. The molecule has 0 spiro atoms. The third-order valence-electron chi connectivity index (χ3n) is 3.48. The van der Waals surface area contributed by atoms with Gasteiger partial charge in [-0.2, -0.15) is 0 Å². The number of nitrogen functional groups attached to an aromatic ring is 1. The Hall–Kier alpha value is -1.91. The Bertz CT molecular complexity index is 620. The molecule has 0 aliphatic carbocycles. The van der Waals surface area contributed by atoms with Gasteiger partial charge in [0.2, 0.25) is 0 Å². The quantitative estimate of drug-likeness (QED) is 0.869. The molecule has 21 heavy (non-hydrogen) atoms. The lowest BCUT2D eigenvalue weighted by Gasteiger charge is -2.08. The third-order valence-corrected chi connectivity index (χ3v) is 3.48. The van der Waals surface area contributed by atoms with E-state index in [2.05, 4.69) is 18.8 Å². The smallest absolute Gasteiger partial charge is 0.135 e. The fourth-order valence-corrected chi connectivity index (χ4v) is 2.37. The highest BCUT2D eigenvalue weighted by Gasteiger charge is 2.18. The average Bonchev–Trinajstić information content (AvgIpc) is 2.74. The van der Waals surface area contributed by atoms with Gasteiger partial charge in [-0.15, -0.1) is 0 Å². The van der Waals surface area contributed by atoms with Crippen LogP contribution in [0.15, 0.2) is 18.2 Å². The van der Waals surface area contributed by atoms with Crippen LogP contribution in [-0.4, -0.2) is 9.55 Å². The zero-order valence-electron chi connectivity index (χ0n) is 12.5. The first kappa shape index (κ1) is 15.5. The summed E-state index contributed by atoms with van der Waals surface area (Å²) in [5.41, 5.74) is 6.81. The minimum Gasteiger partial charge on any atom is -0.383 e. The van der Waals surface area contributed by atoms with Gasteiger partial charge in [0, 0.05) is 24.6 Å². The predicted octanol–water partition coefficient (Wildman–Crippen LogP) is 4.16. The van der Waals surface area contributed by atoms with Gasteiger partial charge in [-0.25, -0.2) is 13.8 Å². The van der Waals surface area contributed by atoms with E-state index in [0.29, 0.717) is 11.5 Å². The first-order chi connectivity index (χ1) is 10.1. The number of halogens is 2. The molecule has 0 atom stereocenters. The Balaban J connectivity index is 2.48. The number of benzene rings is 1. The fourth-order valence-electron chi connectivity index (χ4n) is 2.37. The van der Waals surface area contributed by atoms with E-state index in [1.165, 1.54) is 12.1 Å². The van der Waals surface area contributed by atoms with Gasteiger partial charge in [-0.05, 0) is 25.0 Å². The molecule has 0 aliphatic heterocycles. The standard InChI is InChI=1S/C16H21F2N3/c1-3-5-9-21-14(6-4-2)20-15(16(21)19)12-8-7-11(17)10-13(12)18/h7-8,10H,3-6,9,19H2,1-2H3. The molecule has 0 saturated carbocycles. The summed E-state index contributed by atoms with van der Waals surface area (Å²) in [7, 11) is 0. The molecule has 0 fully saturated rings. The Morgan fingerprint density at radius 2 is 1.95 bits per heavy atom. The highest BCUT2D eigenvalue weighted by molar-refractivity contribution is 5.71. The number of rotatable bonds is 6. The van der Waals surface area contributed by atoms with Crippen molar-refractivity contribution >= 4 is 5.82 Å². The highest BCUT2D eigenvalue weighted by atomic mass is 19.1. The molecular formula is C16H21F2N3. The zero-order valence-corrected chi connectivity index (χ0v) is 12.5. The SMILES string of the molecule is CCCCn1c(CCC)nc(-c2ccc(F)cc2F)c1N. The molecule has 1 aromatic heterocycles. The molecule has 0 amide bonds. The van der Waals surface area contributed by atoms with E-state index in [-0.39, 0.29) is 5.56 Å². The summed E-state index contributed by atoms with van der Waals surface area (Å²) in [6, 6.07) is 3.48. The first-order valence-electron chi connectivity index (χ1n) is 7.38. The summed E-state index contributed by atoms with van der Waals surface area (Å²) in [5, 5.41) is 0. The molecule has 2 N–H and O–H groups in total. The van der Waals surface area contributed by atoms with E-state index >= 15 is 0 Å². The maximum Gasteiger partial charge on any atom is 0.135 e. The van der Waals surface area contributed by atoms with Crippen LogP contribution in [0, 0.1) is 11.6 Å². The summed E-state index contributed by atoms with van der Waals surface area (Å²) in [6.07, 6.45) is 3.76. The lowest BCUT2D eigenvalue weighted by atomic mass is 10.1. The van der Waals surface area contributed by atoms with Crippen molar-refractivity contribution in [3.8, 4) is 11.3 Å². The summed E-state index contributed by atoms with van der Waals surface area (Å²) >= 11 is 0. The molecule has 0 unspecified atom stereocenters. The van der Waals surface area contributed by atoms with Crippen LogP contribution in [0.5, 0.6) is 0 Å². The zero-order chi connectivity index (χ0) is 15.4. The summed E-state index contributed by atoms with van der Waals surface area (Å²) in [4.78, 5) is 4.49. The molecule has 114 valence electrons. The number of aromatic nitrogens is 2. The van der Waals surface area contributed by atoms with Crippen molar-refractivity contribution in [3.63, 3.8) is 0 Å². The topological polar surface area (TPSA) is 43.8 Å². The predicted molar refractivity (Wildman–Crippen MR) is 80.9 cm³/mol. The minimum absolute atomic E-state index is 0.251. The second-order valence-electron chi connectivity index (χ2n) is 5.14. The van der Waals surface area contributed by atoms with Crippen LogP contribution in [0.25, 0.3) is 11.3 Å². The fraction of sp³-hybridized carbons (Fsp3) is 0.438. The molecule has 1 aromatic carbocycles. The first-order valence-corrected chi connectivity index (χ1v) is 7.38. The molecule has 1 heterocycles. The summed E-state index contributed by atoms with van der Waals surface area (Å²) < 4.78 is 28.9. The number of nitrogens with zero attached hydrogens (tertiary/aromatic N) is 2. The van der Waals surface area contributed by atoms with Crippen molar-refractivity contribution in [1.29, 1.82) is 0 Å². The van der Waals surface area contributed by atoms with Gasteiger partial charge < -0.3 is 10.3 Å². The summed E-state index contributed by atoms with van der Waals surface area (Å²) in [6.45, 7) is 4.94. The third kappa shape index (κ3) is 3.23.